The first kappa shape index (κ1) is 19.0. The Morgan fingerprint density at radius 3 is 2.41 bits per heavy atom. The molecule has 0 fully saturated rings. The van der Waals surface area contributed by atoms with Crippen LogP contribution in [0.1, 0.15) is 39.5 Å². The minimum absolute atomic E-state index is 0. The first-order valence-corrected chi connectivity index (χ1v) is 6.20. The third kappa shape index (κ3) is 8.41. The molecule has 1 atom stereocenters. The molecule has 0 aliphatic heterocycles. The van der Waals surface area contributed by atoms with Gasteiger partial charge in [-0.15, -0.1) is 12.4 Å². The zero-order chi connectivity index (χ0) is 12.4. The van der Waals surface area contributed by atoms with Crippen molar-refractivity contribution in [2.75, 3.05) is 26.8 Å². The fraction of sp³-hybridized carbons (Fsp3) is 0.917. The number of nitrogens with two attached hydrogens (primary N) is 1. The molecule has 0 spiro atoms. The van der Waals surface area contributed by atoms with Gasteiger partial charge in [0.2, 0.25) is 5.91 Å². The summed E-state index contributed by atoms with van der Waals surface area (Å²) in [4.78, 5) is 13.8. The largest absolute Gasteiger partial charge is 0.383 e. The Kier molecular flexibility index (Phi) is 13.6. The minimum Gasteiger partial charge on any atom is -0.383 e. The van der Waals surface area contributed by atoms with Gasteiger partial charge in [0.1, 0.15) is 0 Å². The smallest absolute Gasteiger partial charge is 0.239 e. The van der Waals surface area contributed by atoms with E-state index in [-0.39, 0.29) is 24.4 Å². The van der Waals surface area contributed by atoms with E-state index in [4.69, 9.17) is 10.5 Å². The molecule has 0 radical (unpaired) electrons. The average molecular weight is 267 g/mol. The van der Waals surface area contributed by atoms with E-state index in [9.17, 15) is 4.79 Å². The summed E-state index contributed by atoms with van der Waals surface area (Å²) in [7, 11) is 1.65. The van der Waals surface area contributed by atoms with Crippen molar-refractivity contribution in [2.45, 2.75) is 45.6 Å². The van der Waals surface area contributed by atoms with Gasteiger partial charge in [-0.2, -0.15) is 0 Å². The summed E-state index contributed by atoms with van der Waals surface area (Å²) in [6, 6.07) is -0.348. The number of nitrogens with zero attached hydrogens (tertiary/aromatic N) is 1. The first-order chi connectivity index (χ1) is 7.67. The molecule has 1 unspecified atom stereocenters. The molecule has 17 heavy (non-hydrogen) atoms. The number of carbonyl (C=O) groups excluding carboxylic acids is 1. The van der Waals surface area contributed by atoms with Crippen molar-refractivity contribution in [3.63, 3.8) is 0 Å². The van der Waals surface area contributed by atoms with Gasteiger partial charge in [0.15, 0.2) is 0 Å². The molecule has 0 bridgehead atoms. The molecular weight excluding hydrogens is 240 g/mol. The molecule has 0 aliphatic rings. The topological polar surface area (TPSA) is 55.6 Å². The van der Waals surface area contributed by atoms with E-state index in [1.807, 2.05) is 11.8 Å². The van der Waals surface area contributed by atoms with E-state index in [0.717, 1.165) is 32.2 Å². The van der Waals surface area contributed by atoms with Crippen LogP contribution in [0.2, 0.25) is 0 Å². The van der Waals surface area contributed by atoms with Gasteiger partial charge in [-0.3, -0.25) is 4.79 Å². The zero-order valence-electron chi connectivity index (χ0n) is 11.3. The van der Waals surface area contributed by atoms with Gasteiger partial charge in [0, 0.05) is 20.2 Å². The highest BCUT2D eigenvalue weighted by atomic mass is 35.5. The highest BCUT2D eigenvalue weighted by Gasteiger charge is 2.19. The van der Waals surface area contributed by atoms with E-state index < -0.39 is 0 Å². The van der Waals surface area contributed by atoms with Crippen molar-refractivity contribution in [1.82, 2.24) is 4.90 Å². The quantitative estimate of drug-likeness (QED) is 0.693. The van der Waals surface area contributed by atoms with Crippen LogP contribution in [0.15, 0.2) is 0 Å². The van der Waals surface area contributed by atoms with Gasteiger partial charge in [-0.25, -0.2) is 0 Å². The maximum atomic E-state index is 12.0. The summed E-state index contributed by atoms with van der Waals surface area (Å²) in [6.45, 7) is 6.17. The van der Waals surface area contributed by atoms with Gasteiger partial charge in [-0.1, -0.05) is 26.7 Å². The van der Waals surface area contributed by atoms with Gasteiger partial charge in [-0.05, 0) is 12.8 Å². The van der Waals surface area contributed by atoms with Crippen LogP contribution in [0.25, 0.3) is 0 Å². The monoisotopic (exact) mass is 266 g/mol. The highest BCUT2D eigenvalue weighted by molar-refractivity contribution is 5.85. The lowest BCUT2D eigenvalue weighted by Crippen LogP contribution is -2.45. The fourth-order valence-electron chi connectivity index (χ4n) is 1.55. The van der Waals surface area contributed by atoms with Crippen LogP contribution in [0.5, 0.6) is 0 Å². The molecule has 104 valence electrons. The molecule has 2 N–H and O–H groups in total. The van der Waals surface area contributed by atoms with E-state index in [1.165, 1.54) is 0 Å². The van der Waals surface area contributed by atoms with Gasteiger partial charge >= 0.3 is 0 Å². The summed E-state index contributed by atoms with van der Waals surface area (Å²) < 4.78 is 5.01. The van der Waals surface area contributed by atoms with E-state index in [0.29, 0.717) is 13.2 Å². The Bertz CT molecular complexity index is 183. The number of ether oxygens (including phenoxy) is 1. The van der Waals surface area contributed by atoms with Crippen LogP contribution in [-0.2, 0) is 9.53 Å². The molecule has 4 nitrogen and oxygen atoms in total. The molecule has 0 heterocycles. The van der Waals surface area contributed by atoms with Crippen molar-refractivity contribution in [3.05, 3.63) is 0 Å². The fourth-order valence-corrected chi connectivity index (χ4v) is 1.55. The summed E-state index contributed by atoms with van der Waals surface area (Å²) in [5, 5.41) is 0. The lowest BCUT2D eigenvalue weighted by molar-refractivity contribution is -0.133. The second-order valence-electron chi connectivity index (χ2n) is 4.07. The Balaban J connectivity index is 0. The maximum Gasteiger partial charge on any atom is 0.239 e. The molecule has 0 saturated carbocycles. The van der Waals surface area contributed by atoms with Crippen molar-refractivity contribution < 1.29 is 9.53 Å². The van der Waals surface area contributed by atoms with Crippen molar-refractivity contribution >= 4 is 18.3 Å². The molecule has 1 amide bonds. The number of unbranched alkanes of at least 4 members (excludes halogenated alkanes) is 1. The molecular formula is C12H27ClN2O2. The molecule has 0 aliphatic carbocycles. The maximum absolute atomic E-state index is 12.0. The summed E-state index contributed by atoms with van der Waals surface area (Å²) in [5.41, 5.74) is 5.84. The van der Waals surface area contributed by atoms with Crippen LogP contribution < -0.4 is 5.73 Å². The van der Waals surface area contributed by atoms with E-state index >= 15 is 0 Å². The number of carbonyl (C=O) groups is 1. The van der Waals surface area contributed by atoms with Crippen LogP contribution in [-0.4, -0.2) is 43.7 Å². The normalized spacial score (nSPS) is 11.8. The van der Waals surface area contributed by atoms with Crippen molar-refractivity contribution in [1.29, 1.82) is 0 Å². The Morgan fingerprint density at radius 1 is 1.29 bits per heavy atom. The van der Waals surface area contributed by atoms with Crippen LogP contribution >= 0.6 is 12.4 Å². The number of halogens is 1. The molecule has 0 aromatic rings. The standard InChI is InChI=1S/C12H26N2O2.ClH/c1-4-6-8-14(9-10-16-3)12(15)11(13)7-5-2;/h11H,4-10,13H2,1-3H3;1H. The van der Waals surface area contributed by atoms with E-state index in [1.54, 1.807) is 7.11 Å². The minimum atomic E-state index is -0.348. The highest BCUT2D eigenvalue weighted by Crippen LogP contribution is 2.02. The Morgan fingerprint density at radius 2 is 1.94 bits per heavy atom. The summed E-state index contributed by atoms with van der Waals surface area (Å²) in [6.07, 6.45) is 3.81. The molecule has 0 aromatic carbocycles. The predicted molar refractivity (Wildman–Crippen MR) is 73.5 cm³/mol. The van der Waals surface area contributed by atoms with Crippen LogP contribution in [0, 0.1) is 0 Å². The molecule has 5 heteroatoms. The number of hydrogen-bond acceptors (Lipinski definition) is 3. The molecule has 0 rings (SSSR count). The third-order valence-corrected chi connectivity index (χ3v) is 2.58. The van der Waals surface area contributed by atoms with Crippen LogP contribution in [0.3, 0.4) is 0 Å². The molecule has 0 aromatic heterocycles. The van der Waals surface area contributed by atoms with Gasteiger partial charge in [0.25, 0.3) is 0 Å². The van der Waals surface area contributed by atoms with Crippen molar-refractivity contribution in [3.8, 4) is 0 Å². The van der Waals surface area contributed by atoms with E-state index in [2.05, 4.69) is 6.92 Å². The van der Waals surface area contributed by atoms with Crippen molar-refractivity contribution in [2.24, 2.45) is 5.73 Å². The summed E-state index contributed by atoms with van der Waals surface area (Å²) >= 11 is 0. The third-order valence-electron chi connectivity index (χ3n) is 2.58. The lowest BCUT2D eigenvalue weighted by atomic mass is 10.1. The first-order valence-electron chi connectivity index (χ1n) is 6.20. The lowest BCUT2D eigenvalue weighted by Gasteiger charge is -2.25. The summed E-state index contributed by atoms with van der Waals surface area (Å²) in [5.74, 6) is 0.0624. The predicted octanol–water partition coefficient (Wildman–Crippen LogP) is 1.81. The van der Waals surface area contributed by atoms with Gasteiger partial charge < -0.3 is 15.4 Å². The SMILES string of the molecule is CCCCN(CCOC)C(=O)C(N)CCC.Cl. The Labute approximate surface area is 111 Å². The number of amides is 1. The number of methoxy groups -OCH3 is 1. The van der Waals surface area contributed by atoms with Gasteiger partial charge in [0.05, 0.1) is 12.6 Å². The average Bonchev–Trinajstić information content (AvgIpc) is 2.29. The van der Waals surface area contributed by atoms with Crippen LogP contribution in [0.4, 0.5) is 0 Å². The second kappa shape index (κ2) is 12.1. The molecule has 0 saturated heterocycles. The number of rotatable bonds is 9. The second-order valence-corrected chi connectivity index (χ2v) is 4.07. The zero-order valence-corrected chi connectivity index (χ0v) is 12.1. The Hall–Kier alpha value is -0.320. The number of hydrogen-bond donors (Lipinski definition) is 1.